The average Bonchev–Trinajstić information content (AvgIpc) is 3.15. The van der Waals surface area contributed by atoms with Crippen molar-refractivity contribution in [3.63, 3.8) is 0 Å². The highest BCUT2D eigenvalue weighted by molar-refractivity contribution is 7.99. The molecule has 1 aliphatic heterocycles. The molecule has 0 unspecified atom stereocenters. The topological polar surface area (TPSA) is 57.5 Å². The summed E-state index contributed by atoms with van der Waals surface area (Å²) in [5.74, 6) is 5.79. The summed E-state index contributed by atoms with van der Waals surface area (Å²) in [7, 11) is 0. The van der Waals surface area contributed by atoms with Gasteiger partial charge in [-0.05, 0) is 68.4 Å². The molecule has 4 saturated carbocycles. The zero-order valence-corrected chi connectivity index (χ0v) is 16.8. The van der Waals surface area contributed by atoms with Gasteiger partial charge >= 0.3 is 6.03 Å². The minimum Gasteiger partial charge on any atom is -0.468 e. The van der Waals surface area contributed by atoms with E-state index in [1.54, 1.807) is 6.26 Å². The molecule has 27 heavy (non-hydrogen) atoms. The fourth-order valence-corrected chi connectivity index (χ4v) is 7.45. The van der Waals surface area contributed by atoms with Crippen LogP contribution in [0.3, 0.4) is 0 Å². The number of rotatable bonds is 5. The van der Waals surface area contributed by atoms with E-state index in [2.05, 4.69) is 15.5 Å². The molecule has 5 nitrogen and oxygen atoms in total. The SMILES string of the molecule is O=C(NC[C@@H](c1ccco1)N1CCSCC1)NC12CC3CC(CC(C3)C1)C2. The summed E-state index contributed by atoms with van der Waals surface area (Å²) in [6, 6.07) is 4.12. The Kier molecular flexibility index (Phi) is 4.88. The van der Waals surface area contributed by atoms with E-state index in [4.69, 9.17) is 4.42 Å². The molecule has 148 valence electrons. The van der Waals surface area contributed by atoms with Crippen LogP contribution in [0.2, 0.25) is 0 Å². The lowest BCUT2D eigenvalue weighted by molar-refractivity contribution is -0.0136. The van der Waals surface area contributed by atoms with E-state index in [-0.39, 0.29) is 17.6 Å². The fraction of sp³-hybridized carbons (Fsp3) is 0.762. The Bertz CT molecular complexity index is 621. The Labute approximate surface area is 166 Å². The zero-order valence-electron chi connectivity index (χ0n) is 16.0. The standard InChI is InChI=1S/C21H31N3O2S/c25-20(23-21-11-15-8-16(12-21)10-17(9-15)13-21)22-14-18(19-2-1-5-26-19)24-3-6-27-7-4-24/h1-2,5,15-18H,3-4,6-14H2,(H2,22,23,25)/t15?,16?,17?,18-,21?/m0/s1. The van der Waals surface area contributed by atoms with Crippen LogP contribution in [-0.4, -0.2) is 47.6 Å². The molecule has 5 aliphatic rings. The number of nitrogens with zero attached hydrogens (tertiary/aromatic N) is 1. The molecule has 1 aromatic rings. The van der Waals surface area contributed by atoms with Gasteiger partial charge in [0, 0.05) is 36.7 Å². The van der Waals surface area contributed by atoms with Gasteiger partial charge in [-0.3, -0.25) is 4.90 Å². The second kappa shape index (κ2) is 7.36. The first-order valence-electron chi connectivity index (χ1n) is 10.6. The minimum absolute atomic E-state index is 0.0138. The highest BCUT2D eigenvalue weighted by atomic mass is 32.2. The van der Waals surface area contributed by atoms with Crippen molar-refractivity contribution in [3.05, 3.63) is 24.2 Å². The van der Waals surface area contributed by atoms with Crippen LogP contribution >= 0.6 is 11.8 Å². The van der Waals surface area contributed by atoms with Crippen LogP contribution in [0.15, 0.2) is 22.8 Å². The average molecular weight is 390 g/mol. The van der Waals surface area contributed by atoms with Gasteiger partial charge in [-0.15, -0.1) is 0 Å². The number of urea groups is 1. The number of amides is 2. The predicted octanol–water partition coefficient (Wildman–Crippen LogP) is 3.64. The van der Waals surface area contributed by atoms with Crippen LogP contribution in [0.25, 0.3) is 0 Å². The third-order valence-electron chi connectivity index (χ3n) is 7.23. The molecule has 4 bridgehead atoms. The number of carbonyl (C=O) groups excluding carboxylic acids is 1. The van der Waals surface area contributed by atoms with Gasteiger partial charge in [0.25, 0.3) is 0 Å². The number of thioether (sulfide) groups is 1. The Balaban J connectivity index is 1.21. The van der Waals surface area contributed by atoms with Crippen molar-refractivity contribution in [2.45, 2.75) is 50.1 Å². The third kappa shape index (κ3) is 3.75. The maximum Gasteiger partial charge on any atom is 0.315 e. The molecule has 1 atom stereocenters. The minimum atomic E-state index is 0.0138. The molecular weight excluding hydrogens is 358 g/mol. The van der Waals surface area contributed by atoms with Crippen molar-refractivity contribution < 1.29 is 9.21 Å². The number of furan rings is 1. The smallest absolute Gasteiger partial charge is 0.315 e. The van der Waals surface area contributed by atoms with Crippen molar-refractivity contribution in [1.29, 1.82) is 0 Å². The normalized spacial score (nSPS) is 36.5. The maximum absolute atomic E-state index is 12.8. The van der Waals surface area contributed by atoms with E-state index in [1.165, 1.54) is 38.5 Å². The molecule has 5 fully saturated rings. The second-order valence-corrected chi connectivity index (χ2v) is 10.4. The summed E-state index contributed by atoms with van der Waals surface area (Å²) in [5.41, 5.74) is 0.0702. The summed E-state index contributed by atoms with van der Waals surface area (Å²) in [6.07, 6.45) is 9.50. The van der Waals surface area contributed by atoms with E-state index in [1.807, 2.05) is 23.9 Å². The highest BCUT2D eigenvalue weighted by Crippen LogP contribution is 2.55. The van der Waals surface area contributed by atoms with Crippen LogP contribution in [-0.2, 0) is 0 Å². The molecular formula is C21H31N3O2S. The summed E-state index contributed by atoms with van der Waals surface area (Å²) in [5, 5.41) is 6.61. The molecule has 1 saturated heterocycles. The summed E-state index contributed by atoms with van der Waals surface area (Å²) >= 11 is 2.00. The molecule has 6 heteroatoms. The lowest BCUT2D eigenvalue weighted by atomic mass is 9.53. The molecule has 0 spiro atoms. The largest absolute Gasteiger partial charge is 0.468 e. The van der Waals surface area contributed by atoms with Gasteiger partial charge in [0.05, 0.1) is 12.3 Å². The number of nitrogens with one attached hydrogen (secondary N) is 2. The molecule has 2 amide bonds. The Morgan fingerprint density at radius 1 is 1.19 bits per heavy atom. The van der Waals surface area contributed by atoms with E-state index >= 15 is 0 Å². The third-order valence-corrected chi connectivity index (χ3v) is 8.17. The van der Waals surface area contributed by atoms with Crippen molar-refractivity contribution in [2.24, 2.45) is 17.8 Å². The molecule has 2 N–H and O–H groups in total. The van der Waals surface area contributed by atoms with Gasteiger partial charge in [0.1, 0.15) is 5.76 Å². The lowest BCUT2D eigenvalue weighted by Crippen LogP contribution is -2.61. The Hall–Kier alpha value is -1.14. The molecule has 0 aromatic carbocycles. The van der Waals surface area contributed by atoms with Crippen LogP contribution in [0.5, 0.6) is 0 Å². The molecule has 2 heterocycles. The summed E-state index contributed by atoms with van der Waals surface area (Å²) < 4.78 is 5.70. The van der Waals surface area contributed by atoms with E-state index < -0.39 is 0 Å². The van der Waals surface area contributed by atoms with Gasteiger partial charge in [-0.25, -0.2) is 4.79 Å². The van der Waals surface area contributed by atoms with Crippen LogP contribution in [0, 0.1) is 17.8 Å². The highest BCUT2D eigenvalue weighted by Gasteiger charge is 2.51. The van der Waals surface area contributed by atoms with Gasteiger partial charge < -0.3 is 15.1 Å². The van der Waals surface area contributed by atoms with Gasteiger partial charge in [-0.1, -0.05) is 0 Å². The van der Waals surface area contributed by atoms with Gasteiger partial charge in [0.15, 0.2) is 0 Å². The van der Waals surface area contributed by atoms with Crippen molar-refractivity contribution >= 4 is 17.8 Å². The molecule has 6 rings (SSSR count). The second-order valence-electron chi connectivity index (χ2n) is 9.21. The summed E-state index contributed by atoms with van der Waals surface area (Å²) in [4.78, 5) is 15.3. The van der Waals surface area contributed by atoms with E-state index in [0.29, 0.717) is 6.54 Å². The lowest BCUT2D eigenvalue weighted by Gasteiger charge is -2.56. The number of hydrogen-bond donors (Lipinski definition) is 2. The first kappa shape index (κ1) is 17.9. The summed E-state index contributed by atoms with van der Waals surface area (Å²) in [6.45, 7) is 2.71. The van der Waals surface area contributed by atoms with Crippen molar-refractivity contribution in [2.75, 3.05) is 31.1 Å². The number of carbonyl (C=O) groups is 1. The molecule has 0 radical (unpaired) electrons. The zero-order chi connectivity index (χ0) is 18.3. The van der Waals surface area contributed by atoms with Crippen LogP contribution in [0.4, 0.5) is 4.79 Å². The number of hydrogen-bond acceptors (Lipinski definition) is 4. The monoisotopic (exact) mass is 389 g/mol. The van der Waals surface area contributed by atoms with Crippen LogP contribution in [0.1, 0.15) is 50.3 Å². The van der Waals surface area contributed by atoms with Gasteiger partial charge in [-0.2, -0.15) is 11.8 Å². The van der Waals surface area contributed by atoms with E-state index in [9.17, 15) is 4.79 Å². The van der Waals surface area contributed by atoms with Crippen molar-refractivity contribution in [1.82, 2.24) is 15.5 Å². The van der Waals surface area contributed by atoms with Crippen LogP contribution < -0.4 is 10.6 Å². The first-order valence-corrected chi connectivity index (χ1v) is 11.8. The maximum atomic E-state index is 12.8. The fourth-order valence-electron chi connectivity index (χ4n) is 6.52. The van der Waals surface area contributed by atoms with Crippen molar-refractivity contribution in [3.8, 4) is 0 Å². The predicted molar refractivity (Wildman–Crippen MR) is 108 cm³/mol. The Morgan fingerprint density at radius 3 is 2.44 bits per heavy atom. The molecule has 1 aromatic heterocycles. The Morgan fingerprint density at radius 2 is 1.85 bits per heavy atom. The first-order chi connectivity index (χ1) is 13.2. The van der Waals surface area contributed by atoms with Gasteiger partial charge in [0.2, 0.25) is 0 Å². The quantitative estimate of drug-likeness (QED) is 0.807. The van der Waals surface area contributed by atoms with E-state index in [0.717, 1.165) is 48.1 Å². The molecule has 4 aliphatic carbocycles.